The first-order valence-corrected chi connectivity index (χ1v) is 21.9. The Bertz CT molecular complexity index is 1640. The SMILES string of the molecule is CCSCCSCCN(CCSCCSCC)Cc1ccc(-c2c3ccc(=O)cc-3oc3cc(N4CCCCC4)ccc23)c(C(F)(F)F)c1. The van der Waals surface area contributed by atoms with Gasteiger partial charge in [0.1, 0.15) is 11.3 Å². The number of benzene rings is 3. The van der Waals surface area contributed by atoms with Crippen molar-refractivity contribution in [3.63, 3.8) is 0 Å². The summed E-state index contributed by atoms with van der Waals surface area (Å²) in [6.45, 7) is 8.33. The van der Waals surface area contributed by atoms with Crippen molar-refractivity contribution in [2.45, 2.75) is 45.8 Å². The molecule has 2 aromatic carbocycles. The van der Waals surface area contributed by atoms with Gasteiger partial charge in [-0.1, -0.05) is 26.0 Å². The van der Waals surface area contributed by atoms with Gasteiger partial charge in [0.05, 0.1) is 5.56 Å². The van der Waals surface area contributed by atoms with Crippen LogP contribution in [0.3, 0.4) is 0 Å². The van der Waals surface area contributed by atoms with E-state index < -0.39 is 11.7 Å². The summed E-state index contributed by atoms with van der Waals surface area (Å²) in [7, 11) is 0. The second-order valence-electron chi connectivity index (χ2n) is 12.1. The Hall–Kier alpha value is -1.92. The molecule has 0 unspecified atom stereocenters. The Morgan fingerprint density at radius 1 is 0.755 bits per heavy atom. The fourth-order valence-corrected chi connectivity index (χ4v) is 9.93. The van der Waals surface area contributed by atoms with Crippen LogP contribution in [0.2, 0.25) is 0 Å². The second kappa shape index (κ2) is 19.1. The van der Waals surface area contributed by atoms with Gasteiger partial charge in [-0.05, 0) is 72.2 Å². The van der Waals surface area contributed by atoms with E-state index in [2.05, 4.69) is 23.6 Å². The molecule has 0 radical (unpaired) electrons. The predicted octanol–water partition coefficient (Wildman–Crippen LogP) is 10.3. The highest BCUT2D eigenvalue weighted by atomic mass is 32.2. The van der Waals surface area contributed by atoms with Gasteiger partial charge in [-0.25, -0.2) is 0 Å². The molecule has 0 amide bonds. The Morgan fingerprint density at radius 2 is 1.41 bits per heavy atom. The third-order valence-corrected chi connectivity index (χ3v) is 13.0. The average Bonchev–Trinajstić information content (AvgIpc) is 3.09. The molecule has 0 saturated carbocycles. The highest BCUT2D eigenvalue weighted by Crippen LogP contribution is 2.46. The molecule has 0 spiro atoms. The molecule has 2 aliphatic heterocycles. The molecule has 49 heavy (non-hydrogen) atoms. The number of fused-ring (bicyclic) bond motifs is 2. The summed E-state index contributed by atoms with van der Waals surface area (Å²) >= 11 is 7.70. The number of rotatable bonds is 18. The summed E-state index contributed by atoms with van der Waals surface area (Å²) in [6, 6.07) is 15.0. The number of hydrogen-bond donors (Lipinski definition) is 0. The van der Waals surface area contributed by atoms with Crippen LogP contribution in [0.25, 0.3) is 33.4 Å². The van der Waals surface area contributed by atoms with Crippen LogP contribution in [0.4, 0.5) is 18.9 Å². The average molecular weight is 749 g/mol. The van der Waals surface area contributed by atoms with Crippen LogP contribution in [-0.4, -0.2) is 77.1 Å². The highest BCUT2D eigenvalue weighted by Gasteiger charge is 2.35. The molecule has 5 rings (SSSR count). The van der Waals surface area contributed by atoms with E-state index in [-0.39, 0.29) is 11.0 Å². The first kappa shape index (κ1) is 38.3. The van der Waals surface area contributed by atoms with E-state index in [0.717, 1.165) is 90.7 Å². The Labute approximate surface area is 306 Å². The van der Waals surface area contributed by atoms with Gasteiger partial charge in [-0.15, -0.1) is 0 Å². The van der Waals surface area contributed by atoms with E-state index in [1.807, 2.05) is 71.3 Å². The number of piperidine rings is 1. The van der Waals surface area contributed by atoms with Crippen LogP contribution in [0.5, 0.6) is 0 Å². The van der Waals surface area contributed by atoms with Gasteiger partial charge in [0.25, 0.3) is 0 Å². The topological polar surface area (TPSA) is 36.7 Å². The lowest BCUT2D eigenvalue weighted by molar-refractivity contribution is -0.137. The zero-order valence-electron chi connectivity index (χ0n) is 28.5. The summed E-state index contributed by atoms with van der Waals surface area (Å²) < 4.78 is 51.3. The lowest BCUT2D eigenvalue weighted by atomic mass is 9.89. The van der Waals surface area contributed by atoms with E-state index in [0.29, 0.717) is 40.0 Å². The predicted molar refractivity (Wildman–Crippen MR) is 212 cm³/mol. The van der Waals surface area contributed by atoms with Gasteiger partial charge >= 0.3 is 6.18 Å². The van der Waals surface area contributed by atoms with Crippen molar-refractivity contribution in [3.05, 3.63) is 75.9 Å². The smallest absolute Gasteiger partial charge is 0.417 e. The second-order valence-corrected chi connectivity index (χ2v) is 17.4. The lowest BCUT2D eigenvalue weighted by Crippen LogP contribution is -2.29. The van der Waals surface area contributed by atoms with Gasteiger partial charge in [0, 0.05) is 102 Å². The zero-order chi connectivity index (χ0) is 34.6. The molecule has 1 aliphatic carbocycles. The standard InChI is InChI=1S/C38H47F3N2O2S4/c1-3-46-20-22-48-18-16-42(17-19-49-23-21-47-4-2)27-28-8-11-31(34(24-28)38(39,40)41)37-32-12-9-29(43-14-6-5-7-15-43)25-35(32)45-36-26-30(44)10-13-33(36)37/h8-13,24-26H,3-7,14-23,27H2,1-2H3. The fourth-order valence-electron chi connectivity index (χ4n) is 6.28. The number of halogens is 3. The van der Waals surface area contributed by atoms with E-state index in [1.165, 1.54) is 24.6 Å². The molecule has 1 fully saturated rings. The third kappa shape index (κ3) is 10.8. The zero-order valence-corrected chi connectivity index (χ0v) is 31.8. The normalized spacial score (nSPS) is 14.0. The Kier molecular flexibility index (Phi) is 14.9. The molecule has 0 N–H and O–H groups in total. The maximum Gasteiger partial charge on any atom is 0.417 e. The fraction of sp³-hybridized carbons (Fsp3) is 0.500. The minimum absolute atomic E-state index is 0.103. The van der Waals surface area contributed by atoms with Crippen molar-refractivity contribution < 1.29 is 17.6 Å². The van der Waals surface area contributed by atoms with Crippen molar-refractivity contribution in [1.82, 2.24) is 4.90 Å². The summed E-state index contributed by atoms with van der Waals surface area (Å²) in [4.78, 5) is 17.0. The summed E-state index contributed by atoms with van der Waals surface area (Å²) in [6.07, 6.45) is -1.18. The van der Waals surface area contributed by atoms with Crippen molar-refractivity contribution >= 4 is 63.7 Å². The van der Waals surface area contributed by atoms with Crippen molar-refractivity contribution in [1.29, 1.82) is 0 Å². The van der Waals surface area contributed by atoms with Crippen LogP contribution < -0.4 is 10.3 Å². The molecule has 2 heterocycles. The van der Waals surface area contributed by atoms with E-state index >= 15 is 13.2 Å². The van der Waals surface area contributed by atoms with Gasteiger partial charge in [0.15, 0.2) is 5.43 Å². The lowest BCUT2D eigenvalue weighted by Gasteiger charge is -2.29. The molecule has 0 aromatic heterocycles. The van der Waals surface area contributed by atoms with Crippen molar-refractivity contribution in [3.8, 4) is 22.5 Å². The molecular formula is C38H47F3N2O2S4. The van der Waals surface area contributed by atoms with Crippen LogP contribution in [0, 0.1) is 0 Å². The quantitative estimate of drug-likeness (QED) is 0.0736. The Balaban J connectivity index is 1.47. The maximum absolute atomic E-state index is 15.0. The molecule has 0 atom stereocenters. The van der Waals surface area contributed by atoms with Crippen molar-refractivity contribution in [2.75, 3.05) is 77.1 Å². The minimum atomic E-state index is -4.58. The van der Waals surface area contributed by atoms with Gasteiger partial charge < -0.3 is 9.32 Å². The van der Waals surface area contributed by atoms with Crippen LogP contribution in [0.15, 0.2) is 63.8 Å². The van der Waals surface area contributed by atoms with Crippen LogP contribution >= 0.6 is 47.0 Å². The van der Waals surface area contributed by atoms with Crippen molar-refractivity contribution in [2.24, 2.45) is 0 Å². The Morgan fingerprint density at radius 3 is 2.06 bits per heavy atom. The van der Waals surface area contributed by atoms with E-state index in [1.54, 1.807) is 12.1 Å². The molecular weight excluding hydrogens is 702 g/mol. The molecule has 4 nitrogen and oxygen atoms in total. The summed E-state index contributed by atoms with van der Waals surface area (Å²) in [5, 5.41) is 0.600. The summed E-state index contributed by atoms with van der Waals surface area (Å²) in [5.41, 5.74) is 2.24. The maximum atomic E-state index is 15.0. The molecule has 11 heteroatoms. The number of thioether (sulfide) groups is 4. The van der Waals surface area contributed by atoms with Gasteiger partial charge in [-0.2, -0.15) is 60.2 Å². The van der Waals surface area contributed by atoms with Gasteiger partial charge in [0.2, 0.25) is 0 Å². The molecule has 266 valence electrons. The van der Waals surface area contributed by atoms with Gasteiger partial charge in [-0.3, -0.25) is 9.69 Å². The third-order valence-electron chi connectivity index (χ3n) is 8.72. The first-order chi connectivity index (χ1) is 23.8. The molecule has 1 saturated heterocycles. The van der Waals surface area contributed by atoms with Crippen LogP contribution in [-0.2, 0) is 12.7 Å². The number of anilines is 1. The summed E-state index contributed by atoms with van der Waals surface area (Å²) in [5.74, 6) is 8.83. The highest BCUT2D eigenvalue weighted by molar-refractivity contribution is 8.03. The molecule has 0 bridgehead atoms. The first-order valence-electron chi connectivity index (χ1n) is 17.3. The largest absolute Gasteiger partial charge is 0.456 e. The monoisotopic (exact) mass is 748 g/mol. The minimum Gasteiger partial charge on any atom is -0.456 e. The number of nitrogens with zero attached hydrogens (tertiary/aromatic N) is 2. The number of hydrogen-bond acceptors (Lipinski definition) is 8. The van der Waals surface area contributed by atoms with E-state index in [9.17, 15) is 4.79 Å². The molecule has 2 aromatic rings. The van der Waals surface area contributed by atoms with E-state index in [4.69, 9.17) is 4.42 Å². The molecule has 3 aliphatic rings. The van der Waals surface area contributed by atoms with Crippen LogP contribution in [0.1, 0.15) is 44.2 Å². The number of alkyl halides is 3.